The van der Waals surface area contributed by atoms with E-state index in [2.05, 4.69) is 9.44 Å². The maximum Gasteiger partial charge on any atom is 0.419 e. The molecular weight excluding hydrogens is 473 g/mol. The van der Waals surface area contributed by atoms with E-state index in [1.54, 1.807) is 0 Å². The van der Waals surface area contributed by atoms with Crippen molar-refractivity contribution in [3.8, 4) is 0 Å². The molecule has 0 fully saturated rings. The predicted octanol–water partition coefficient (Wildman–Crippen LogP) is 3.18. The number of hydrogen-bond donors (Lipinski definition) is 2. The Bertz CT molecular complexity index is 1660. The molecule has 0 spiro atoms. The Balaban J connectivity index is 1.67. The van der Waals surface area contributed by atoms with Crippen LogP contribution in [0.1, 0.15) is 5.56 Å². The average molecular weight is 492 g/mol. The number of sulfonamides is 2. The van der Waals surface area contributed by atoms with Gasteiger partial charge in [0, 0.05) is 13.1 Å². The standard InChI is InChI=1S/C21H18FN3O6S2/c1-13-7-8-14(11-20(13)33(29,30)24-17-6-4-3-5-16(17)22)23-32(27,28)15-9-10-18-19(12-15)31-21(26)25(18)2/h3-12,23-24H,1-2H3. The Morgan fingerprint density at radius 2 is 1.64 bits per heavy atom. The number of halogens is 1. The molecule has 9 nitrogen and oxygen atoms in total. The van der Waals surface area contributed by atoms with Crippen LogP contribution in [0.5, 0.6) is 0 Å². The lowest BCUT2D eigenvalue weighted by Crippen LogP contribution is -2.17. The SMILES string of the molecule is Cc1ccc(NS(=O)(=O)c2ccc3c(c2)oc(=O)n3C)cc1S(=O)(=O)Nc1ccccc1F. The number of para-hydroxylation sites is 1. The number of aromatic nitrogens is 1. The fourth-order valence-corrected chi connectivity index (χ4v) is 5.60. The number of nitrogens with one attached hydrogen (secondary N) is 2. The van der Waals surface area contributed by atoms with E-state index in [0.717, 1.165) is 12.1 Å². The van der Waals surface area contributed by atoms with Crippen molar-refractivity contribution in [1.29, 1.82) is 0 Å². The van der Waals surface area contributed by atoms with Gasteiger partial charge >= 0.3 is 5.76 Å². The molecule has 1 heterocycles. The molecule has 0 aliphatic rings. The van der Waals surface area contributed by atoms with Crippen molar-refractivity contribution in [3.05, 3.63) is 82.6 Å². The van der Waals surface area contributed by atoms with Gasteiger partial charge in [0.1, 0.15) is 5.82 Å². The molecule has 12 heteroatoms. The second kappa shape index (κ2) is 8.05. The van der Waals surface area contributed by atoms with Crippen molar-refractivity contribution in [2.45, 2.75) is 16.7 Å². The first-order chi connectivity index (χ1) is 15.5. The highest BCUT2D eigenvalue weighted by molar-refractivity contribution is 7.93. The lowest BCUT2D eigenvalue weighted by atomic mass is 10.2. The number of rotatable bonds is 6. The van der Waals surface area contributed by atoms with E-state index in [1.807, 2.05) is 0 Å². The molecule has 0 aliphatic heterocycles. The number of oxazole rings is 1. The quantitative estimate of drug-likeness (QED) is 0.426. The Morgan fingerprint density at radius 1 is 0.909 bits per heavy atom. The largest absolute Gasteiger partial charge is 0.419 e. The molecule has 0 aliphatic carbocycles. The van der Waals surface area contributed by atoms with Crippen LogP contribution in [-0.4, -0.2) is 21.4 Å². The van der Waals surface area contributed by atoms with Crippen molar-refractivity contribution in [3.63, 3.8) is 0 Å². The fourth-order valence-electron chi connectivity index (χ4n) is 3.19. The number of benzene rings is 3. The van der Waals surface area contributed by atoms with Crippen LogP contribution in [0.3, 0.4) is 0 Å². The third-order valence-electron chi connectivity index (χ3n) is 4.92. The van der Waals surface area contributed by atoms with E-state index in [-0.39, 0.29) is 26.7 Å². The van der Waals surface area contributed by atoms with Crippen LogP contribution in [0.2, 0.25) is 0 Å². The number of aryl methyl sites for hydroxylation is 2. The topological polar surface area (TPSA) is 127 Å². The first-order valence-electron chi connectivity index (χ1n) is 9.48. The first-order valence-corrected chi connectivity index (χ1v) is 12.4. The number of hydrogen-bond acceptors (Lipinski definition) is 6. The van der Waals surface area contributed by atoms with Gasteiger partial charge in [0.15, 0.2) is 5.58 Å². The van der Waals surface area contributed by atoms with Gasteiger partial charge in [-0.05, 0) is 48.9 Å². The van der Waals surface area contributed by atoms with Crippen molar-refractivity contribution >= 4 is 42.5 Å². The van der Waals surface area contributed by atoms with Gasteiger partial charge in [0.2, 0.25) is 0 Å². The monoisotopic (exact) mass is 491 g/mol. The zero-order valence-corrected chi connectivity index (χ0v) is 19.0. The maximum atomic E-state index is 13.9. The summed E-state index contributed by atoms with van der Waals surface area (Å²) in [5.41, 5.74) is 0.576. The summed E-state index contributed by atoms with van der Waals surface area (Å²) in [7, 11) is -6.87. The summed E-state index contributed by atoms with van der Waals surface area (Å²) in [6.07, 6.45) is 0. The third kappa shape index (κ3) is 4.34. The molecule has 0 amide bonds. The van der Waals surface area contributed by atoms with Crippen molar-refractivity contribution < 1.29 is 25.6 Å². The summed E-state index contributed by atoms with van der Waals surface area (Å²) in [5.74, 6) is -1.39. The lowest BCUT2D eigenvalue weighted by molar-refractivity contribution is 0.527. The second-order valence-electron chi connectivity index (χ2n) is 7.23. The highest BCUT2D eigenvalue weighted by Crippen LogP contribution is 2.26. The van der Waals surface area contributed by atoms with Gasteiger partial charge in [-0.15, -0.1) is 0 Å². The molecule has 33 heavy (non-hydrogen) atoms. The number of anilines is 2. The van der Waals surface area contributed by atoms with Gasteiger partial charge < -0.3 is 4.42 Å². The highest BCUT2D eigenvalue weighted by Gasteiger charge is 2.22. The van der Waals surface area contributed by atoms with E-state index in [4.69, 9.17) is 4.42 Å². The molecule has 0 radical (unpaired) electrons. The number of fused-ring (bicyclic) bond motifs is 1. The minimum atomic E-state index is -4.22. The summed E-state index contributed by atoms with van der Waals surface area (Å²) in [5, 5.41) is 0. The van der Waals surface area contributed by atoms with E-state index in [0.29, 0.717) is 11.1 Å². The van der Waals surface area contributed by atoms with Crippen molar-refractivity contribution in [2.75, 3.05) is 9.44 Å². The zero-order chi connectivity index (χ0) is 24.0. The Labute approximate surface area is 188 Å². The molecule has 2 N–H and O–H groups in total. The first kappa shape index (κ1) is 22.6. The molecule has 1 aromatic heterocycles. The van der Waals surface area contributed by atoms with Crippen LogP contribution < -0.4 is 15.2 Å². The van der Waals surface area contributed by atoms with Gasteiger partial charge in [-0.2, -0.15) is 0 Å². The van der Waals surface area contributed by atoms with Gasteiger partial charge in [0.05, 0.1) is 26.7 Å². The van der Waals surface area contributed by atoms with E-state index < -0.39 is 31.6 Å². The third-order valence-corrected chi connectivity index (χ3v) is 7.81. The van der Waals surface area contributed by atoms with Crippen LogP contribution in [0.25, 0.3) is 11.1 Å². The maximum absolute atomic E-state index is 13.9. The molecular formula is C21H18FN3O6S2. The summed E-state index contributed by atoms with van der Waals surface area (Å²) in [4.78, 5) is 11.2. The van der Waals surface area contributed by atoms with Gasteiger partial charge in [-0.25, -0.2) is 26.0 Å². The van der Waals surface area contributed by atoms with Crippen LogP contribution in [0.4, 0.5) is 15.8 Å². The Hall–Kier alpha value is -3.64. The molecule has 0 saturated carbocycles. The molecule has 0 bridgehead atoms. The minimum Gasteiger partial charge on any atom is -0.408 e. The second-order valence-corrected chi connectivity index (χ2v) is 10.6. The summed E-state index contributed by atoms with van der Waals surface area (Å²) in [6.45, 7) is 1.53. The van der Waals surface area contributed by atoms with Gasteiger partial charge in [-0.1, -0.05) is 18.2 Å². The molecule has 4 aromatic rings. The minimum absolute atomic E-state index is 0.0240. The Kier molecular flexibility index (Phi) is 5.50. The molecule has 0 unspecified atom stereocenters. The van der Waals surface area contributed by atoms with E-state index in [1.165, 1.54) is 67.1 Å². The van der Waals surface area contributed by atoms with Crippen molar-refractivity contribution in [1.82, 2.24) is 4.57 Å². The van der Waals surface area contributed by atoms with Gasteiger partial charge in [-0.3, -0.25) is 14.0 Å². The summed E-state index contributed by atoms with van der Waals surface area (Å²) >= 11 is 0. The summed E-state index contributed by atoms with van der Waals surface area (Å²) < 4.78 is 76.1. The zero-order valence-electron chi connectivity index (χ0n) is 17.4. The lowest BCUT2D eigenvalue weighted by Gasteiger charge is -2.14. The van der Waals surface area contributed by atoms with Gasteiger partial charge in [0.25, 0.3) is 20.0 Å². The predicted molar refractivity (Wildman–Crippen MR) is 121 cm³/mol. The number of nitrogens with zero attached hydrogens (tertiary/aromatic N) is 1. The van der Waals surface area contributed by atoms with Crippen molar-refractivity contribution in [2.24, 2.45) is 7.05 Å². The summed E-state index contributed by atoms with van der Waals surface area (Å²) in [6, 6.07) is 13.2. The molecule has 0 saturated heterocycles. The van der Waals surface area contributed by atoms with Crippen LogP contribution in [-0.2, 0) is 27.1 Å². The van der Waals surface area contributed by atoms with Crippen LogP contribution in [0, 0.1) is 12.7 Å². The molecule has 172 valence electrons. The normalized spacial score (nSPS) is 12.1. The Morgan fingerprint density at radius 3 is 2.36 bits per heavy atom. The fraction of sp³-hybridized carbons (Fsp3) is 0.0952. The smallest absolute Gasteiger partial charge is 0.408 e. The molecule has 4 rings (SSSR count). The average Bonchev–Trinajstić information content (AvgIpc) is 3.04. The van der Waals surface area contributed by atoms with E-state index >= 15 is 0 Å². The molecule has 3 aromatic carbocycles. The van der Waals surface area contributed by atoms with Crippen LogP contribution >= 0.6 is 0 Å². The highest BCUT2D eigenvalue weighted by atomic mass is 32.2. The van der Waals surface area contributed by atoms with Crippen LogP contribution in [0.15, 0.2) is 79.7 Å². The molecule has 0 atom stereocenters. The van der Waals surface area contributed by atoms with E-state index in [9.17, 15) is 26.0 Å².